The summed E-state index contributed by atoms with van der Waals surface area (Å²) in [6, 6.07) is 0.272. The number of nitrogens with zero attached hydrogens (tertiary/aromatic N) is 2. The molecule has 0 aromatic carbocycles. The Morgan fingerprint density at radius 1 is 1.48 bits per heavy atom. The number of nitrogens with one attached hydrogen (secondary N) is 2. The summed E-state index contributed by atoms with van der Waals surface area (Å²) in [6.07, 6.45) is 6.50. The molecule has 2 N–H and O–H groups in total. The predicted molar refractivity (Wildman–Crippen MR) is 90.2 cm³/mol. The fourth-order valence-corrected chi connectivity index (χ4v) is 2.86. The van der Waals surface area contributed by atoms with E-state index in [0.717, 1.165) is 44.7 Å². The highest BCUT2D eigenvalue weighted by atomic mass is 16.6. The van der Waals surface area contributed by atoms with Crippen LogP contribution in [0.25, 0.3) is 0 Å². The summed E-state index contributed by atoms with van der Waals surface area (Å²) < 4.78 is 5.44. The molecule has 1 saturated heterocycles. The van der Waals surface area contributed by atoms with Crippen molar-refractivity contribution < 1.29 is 9.53 Å². The molecule has 1 unspecified atom stereocenters. The molecule has 1 aliphatic rings. The second-order valence-corrected chi connectivity index (χ2v) is 7.25. The Morgan fingerprint density at radius 3 is 2.70 bits per heavy atom. The molecule has 1 aromatic heterocycles. The number of H-pyrrole nitrogens is 1. The topological polar surface area (TPSA) is 70.2 Å². The maximum atomic E-state index is 12.1. The molecule has 0 bridgehead atoms. The van der Waals surface area contributed by atoms with E-state index in [1.165, 1.54) is 0 Å². The number of hydrogen-bond acceptors (Lipinski definition) is 4. The fourth-order valence-electron chi connectivity index (χ4n) is 2.86. The lowest BCUT2D eigenvalue weighted by Crippen LogP contribution is -2.43. The maximum absolute atomic E-state index is 12.1. The van der Waals surface area contributed by atoms with Gasteiger partial charge in [0.1, 0.15) is 11.4 Å². The van der Waals surface area contributed by atoms with Crippen molar-refractivity contribution >= 4 is 6.09 Å². The minimum Gasteiger partial charge on any atom is -0.444 e. The monoisotopic (exact) mass is 322 g/mol. The van der Waals surface area contributed by atoms with Crippen LogP contribution in [0.1, 0.15) is 58.8 Å². The fraction of sp³-hybridized carbons (Fsp3) is 0.765. The normalized spacial score (nSPS) is 18.0. The van der Waals surface area contributed by atoms with Crippen molar-refractivity contribution in [3.05, 3.63) is 18.2 Å². The van der Waals surface area contributed by atoms with Gasteiger partial charge in [-0.2, -0.15) is 0 Å². The van der Waals surface area contributed by atoms with Crippen molar-refractivity contribution in [3.63, 3.8) is 0 Å². The van der Waals surface area contributed by atoms with E-state index in [0.29, 0.717) is 5.92 Å². The van der Waals surface area contributed by atoms with Crippen LogP contribution < -0.4 is 5.32 Å². The lowest BCUT2D eigenvalue weighted by molar-refractivity contribution is 0.0183. The van der Waals surface area contributed by atoms with Crippen LogP contribution >= 0.6 is 0 Å². The first kappa shape index (κ1) is 17.8. The van der Waals surface area contributed by atoms with E-state index in [-0.39, 0.29) is 12.1 Å². The third kappa shape index (κ3) is 5.53. The number of hydrogen-bond donors (Lipinski definition) is 2. The van der Waals surface area contributed by atoms with Gasteiger partial charge in [0.15, 0.2) is 0 Å². The number of imidazole rings is 1. The van der Waals surface area contributed by atoms with Gasteiger partial charge < -0.3 is 19.9 Å². The van der Waals surface area contributed by atoms with E-state index in [9.17, 15) is 4.79 Å². The van der Waals surface area contributed by atoms with Gasteiger partial charge in [0, 0.05) is 25.5 Å². The van der Waals surface area contributed by atoms with Crippen molar-refractivity contribution in [3.8, 4) is 0 Å². The standard InChI is InChI=1S/C17H30N4O2/c1-5-14(15-18-8-9-19-15)20-12-13-6-10-21(11-7-13)16(22)23-17(2,3)4/h8-9,13-14,20H,5-7,10-12H2,1-4H3,(H,18,19). The minimum absolute atomic E-state index is 0.189. The average Bonchev–Trinajstić information content (AvgIpc) is 3.01. The number of carbonyl (C=O) groups excluding carboxylic acids is 1. The van der Waals surface area contributed by atoms with Crippen LogP contribution in [-0.2, 0) is 4.74 Å². The minimum atomic E-state index is -0.424. The van der Waals surface area contributed by atoms with Crippen molar-refractivity contribution in [1.82, 2.24) is 20.2 Å². The third-order valence-electron chi connectivity index (χ3n) is 4.18. The van der Waals surface area contributed by atoms with E-state index in [1.807, 2.05) is 31.9 Å². The van der Waals surface area contributed by atoms with E-state index < -0.39 is 5.60 Å². The summed E-state index contributed by atoms with van der Waals surface area (Å²) in [5, 5.41) is 3.60. The van der Waals surface area contributed by atoms with Gasteiger partial charge in [0.2, 0.25) is 0 Å². The molecule has 2 heterocycles. The van der Waals surface area contributed by atoms with Gasteiger partial charge in [-0.15, -0.1) is 0 Å². The molecule has 1 atom stereocenters. The smallest absolute Gasteiger partial charge is 0.410 e. The summed E-state index contributed by atoms with van der Waals surface area (Å²) in [7, 11) is 0. The van der Waals surface area contributed by atoms with Gasteiger partial charge >= 0.3 is 6.09 Å². The Bertz CT molecular complexity index is 473. The van der Waals surface area contributed by atoms with Gasteiger partial charge in [0.05, 0.1) is 6.04 Å². The summed E-state index contributed by atoms with van der Waals surface area (Å²) in [6.45, 7) is 10.4. The molecule has 23 heavy (non-hydrogen) atoms. The molecule has 1 aromatic rings. The molecular weight excluding hydrogens is 292 g/mol. The Kier molecular flexibility index (Phi) is 6.04. The van der Waals surface area contributed by atoms with E-state index in [1.54, 1.807) is 6.20 Å². The molecule has 6 heteroatoms. The average molecular weight is 322 g/mol. The van der Waals surface area contributed by atoms with Crippen LogP contribution in [0.3, 0.4) is 0 Å². The second-order valence-electron chi connectivity index (χ2n) is 7.25. The van der Waals surface area contributed by atoms with E-state index in [2.05, 4.69) is 22.2 Å². The number of rotatable bonds is 5. The third-order valence-corrected chi connectivity index (χ3v) is 4.18. The largest absolute Gasteiger partial charge is 0.444 e. The molecule has 0 radical (unpaired) electrons. The molecule has 0 spiro atoms. The van der Waals surface area contributed by atoms with Crippen LogP contribution in [0.2, 0.25) is 0 Å². The van der Waals surface area contributed by atoms with Crippen LogP contribution in [0, 0.1) is 5.92 Å². The number of likely N-dealkylation sites (tertiary alicyclic amines) is 1. The zero-order valence-electron chi connectivity index (χ0n) is 14.8. The lowest BCUT2D eigenvalue weighted by atomic mass is 9.96. The van der Waals surface area contributed by atoms with Crippen LogP contribution in [-0.4, -0.2) is 46.2 Å². The van der Waals surface area contributed by atoms with Crippen molar-refractivity contribution in [2.24, 2.45) is 5.92 Å². The Balaban J connectivity index is 1.73. The molecule has 2 rings (SSSR count). The Hall–Kier alpha value is -1.56. The van der Waals surface area contributed by atoms with E-state index >= 15 is 0 Å². The van der Waals surface area contributed by atoms with Crippen LogP contribution in [0.4, 0.5) is 4.79 Å². The number of piperidine rings is 1. The number of aromatic nitrogens is 2. The van der Waals surface area contributed by atoms with Crippen molar-refractivity contribution in [2.45, 2.75) is 58.6 Å². The molecule has 1 amide bonds. The molecular formula is C17H30N4O2. The van der Waals surface area contributed by atoms with Gasteiger partial charge in [-0.1, -0.05) is 6.92 Å². The van der Waals surface area contributed by atoms with Crippen LogP contribution in [0.15, 0.2) is 12.4 Å². The van der Waals surface area contributed by atoms with Crippen molar-refractivity contribution in [2.75, 3.05) is 19.6 Å². The zero-order chi connectivity index (χ0) is 16.9. The first-order chi connectivity index (χ1) is 10.9. The Labute approximate surface area is 139 Å². The summed E-state index contributed by atoms with van der Waals surface area (Å²) in [5.74, 6) is 1.59. The quantitative estimate of drug-likeness (QED) is 0.874. The molecule has 1 aliphatic heterocycles. The second kappa shape index (κ2) is 7.81. The number of aromatic amines is 1. The molecule has 0 saturated carbocycles. The lowest BCUT2D eigenvalue weighted by Gasteiger charge is -2.34. The summed E-state index contributed by atoms with van der Waals surface area (Å²) >= 11 is 0. The Morgan fingerprint density at radius 2 is 2.17 bits per heavy atom. The van der Waals surface area contributed by atoms with E-state index in [4.69, 9.17) is 4.74 Å². The maximum Gasteiger partial charge on any atom is 0.410 e. The summed E-state index contributed by atoms with van der Waals surface area (Å²) in [4.78, 5) is 21.4. The number of amides is 1. The summed E-state index contributed by atoms with van der Waals surface area (Å²) in [5.41, 5.74) is -0.424. The highest BCUT2D eigenvalue weighted by Gasteiger charge is 2.27. The zero-order valence-corrected chi connectivity index (χ0v) is 14.8. The van der Waals surface area contributed by atoms with Crippen LogP contribution in [0.5, 0.6) is 0 Å². The van der Waals surface area contributed by atoms with Crippen molar-refractivity contribution in [1.29, 1.82) is 0 Å². The number of carbonyl (C=O) groups is 1. The molecule has 1 fully saturated rings. The SMILES string of the molecule is CCC(NCC1CCN(C(=O)OC(C)(C)C)CC1)c1ncc[nH]1. The van der Waals surface area contributed by atoms with Gasteiger partial charge in [-0.05, 0) is 52.5 Å². The number of ether oxygens (including phenoxy) is 1. The predicted octanol–water partition coefficient (Wildman–Crippen LogP) is 3.10. The molecule has 130 valence electrons. The molecule has 6 nitrogen and oxygen atoms in total. The molecule has 0 aliphatic carbocycles. The van der Waals surface area contributed by atoms with Gasteiger partial charge in [-0.25, -0.2) is 9.78 Å². The highest BCUT2D eigenvalue weighted by molar-refractivity contribution is 5.68. The first-order valence-corrected chi connectivity index (χ1v) is 8.59. The van der Waals surface area contributed by atoms with Gasteiger partial charge in [0.25, 0.3) is 0 Å². The van der Waals surface area contributed by atoms with Gasteiger partial charge in [-0.3, -0.25) is 0 Å². The first-order valence-electron chi connectivity index (χ1n) is 8.59. The highest BCUT2D eigenvalue weighted by Crippen LogP contribution is 2.20.